The molecule has 0 radical (unpaired) electrons. The molecule has 0 atom stereocenters. The van der Waals surface area contributed by atoms with Crippen LogP contribution in [0, 0.1) is 12.8 Å². The van der Waals surface area contributed by atoms with Crippen molar-refractivity contribution in [2.24, 2.45) is 5.92 Å². The van der Waals surface area contributed by atoms with E-state index in [-0.39, 0.29) is 5.91 Å². The number of halogens is 1. The fourth-order valence-electron chi connectivity index (χ4n) is 3.52. The maximum Gasteiger partial charge on any atom is 0.251 e. The summed E-state index contributed by atoms with van der Waals surface area (Å²) in [5.41, 5.74) is 0.703. The van der Waals surface area contributed by atoms with Gasteiger partial charge in [-0.2, -0.15) is 0 Å². The number of aromatic nitrogens is 2. The van der Waals surface area contributed by atoms with Gasteiger partial charge in [0.2, 0.25) is 0 Å². The Morgan fingerprint density at radius 1 is 1.14 bits per heavy atom. The second-order valence-corrected chi connectivity index (χ2v) is 8.55. The van der Waals surface area contributed by atoms with Crippen LogP contribution in [0.2, 0.25) is 0 Å². The van der Waals surface area contributed by atoms with E-state index in [0.29, 0.717) is 17.5 Å². The van der Waals surface area contributed by atoms with Crippen molar-refractivity contribution < 1.29 is 4.79 Å². The van der Waals surface area contributed by atoms with Crippen LogP contribution < -0.4 is 15.5 Å². The molecule has 1 aromatic carbocycles. The maximum atomic E-state index is 12.3. The third-order valence-electron chi connectivity index (χ3n) is 5.14. The van der Waals surface area contributed by atoms with Crippen LogP contribution in [0.3, 0.4) is 0 Å². The van der Waals surface area contributed by atoms with Gasteiger partial charge >= 0.3 is 0 Å². The number of carbonyl (C=O) groups is 1. The van der Waals surface area contributed by atoms with E-state index in [4.69, 9.17) is 0 Å². The SMILES string of the molecule is Cc1nc(NC2CCC(CNC(=O)c3ccc(Br)cc3)CC2)cc(N(C)C)n1. The molecule has 1 aliphatic carbocycles. The average Bonchev–Trinajstić information content (AvgIpc) is 2.67. The van der Waals surface area contributed by atoms with Crippen LogP contribution in [0.4, 0.5) is 11.6 Å². The number of aryl methyl sites for hydroxylation is 1. The first-order valence-electron chi connectivity index (χ1n) is 9.74. The van der Waals surface area contributed by atoms with Crippen LogP contribution in [-0.4, -0.2) is 42.6 Å². The molecule has 0 unspecified atom stereocenters. The molecular formula is C21H28BrN5O. The number of rotatable bonds is 6. The first-order chi connectivity index (χ1) is 13.4. The quantitative estimate of drug-likeness (QED) is 0.702. The Hall–Kier alpha value is -2.15. The minimum atomic E-state index is 0.000393. The molecule has 1 amide bonds. The number of benzene rings is 1. The average molecular weight is 446 g/mol. The monoisotopic (exact) mass is 445 g/mol. The number of hydrogen-bond acceptors (Lipinski definition) is 5. The standard InChI is InChI=1S/C21H28BrN5O/c1-14-24-19(12-20(25-14)27(2)3)26-18-10-4-15(5-11-18)13-23-21(28)16-6-8-17(22)9-7-16/h6-9,12,15,18H,4-5,10-11,13H2,1-3H3,(H,23,28)(H,24,25,26). The first-order valence-corrected chi connectivity index (χ1v) is 10.5. The summed E-state index contributed by atoms with van der Waals surface area (Å²) in [4.78, 5) is 23.2. The molecule has 2 N–H and O–H groups in total. The van der Waals surface area contributed by atoms with Crippen LogP contribution in [0.25, 0.3) is 0 Å². The normalized spacial score (nSPS) is 19.1. The van der Waals surface area contributed by atoms with E-state index in [2.05, 4.69) is 36.5 Å². The second kappa shape index (κ2) is 9.37. The molecule has 1 saturated carbocycles. The molecule has 2 aromatic rings. The van der Waals surface area contributed by atoms with Crippen LogP contribution in [0.1, 0.15) is 41.9 Å². The van der Waals surface area contributed by atoms with Gasteiger partial charge in [-0.3, -0.25) is 4.79 Å². The van der Waals surface area contributed by atoms with Crippen molar-refractivity contribution in [3.05, 3.63) is 46.2 Å². The third-order valence-corrected chi connectivity index (χ3v) is 5.67. The highest BCUT2D eigenvalue weighted by Gasteiger charge is 2.22. The maximum absolute atomic E-state index is 12.3. The lowest BCUT2D eigenvalue weighted by molar-refractivity contribution is 0.0943. The molecule has 1 heterocycles. The zero-order valence-electron chi connectivity index (χ0n) is 16.7. The molecule has 1 fully saturated rings. The van der Waals surface area contributed by atoms with E-state index in [1.54, 1.807) is 0 Å². The third kappa shape index (κ3) is 5.67. The number of anilines is 2. The van der Waals surface area contributed by atoms with Crippen molar-refractivity contribution in [1.29, 1.82) is 0 Å². The molecule has 150 valence electrons. The van der Waals surface area contributed by atoms with Crippen LogP contribution in [0.5, 0.6) is 0 Å². The van der Waals surface area contributed by atoms with E-state index >= 15 is 0 Å². The van der Waals surface area contributed by atoms with Gasteiger partial charge in [-0.05, 0) is 62.8 Å². The predicted molar refractivity (Wildman–Crippen MR) is 117 cm³/mol. The fraction of sp³-hybridized carbons (Fsp3) is 0.476. The van der Waals surface area contributed by atoms with E-state index < -0.39 is 0 Å². The molecule has 0 aliphatic heterocycles. The Morgan fingerprint density at radius 2 is 1.82 bits per heavy atom. The fourth-order valence-corrected chi connectivity index (χ4v) is 3.78. The van der Waals surface area contributed by atoms with Gasteiger partial charge in [0.15, 0.2) is 0 Å². The molecule has 1 aromatic heterocycles. The van der Waals surface area contributed by atoms with Crippen molar-refractivity contribution in [2.75, 3.05) is 30.9 Å². The number of amides is 1. The van der Waals surface area contributed by atoms with Crippen LogP contribution in [0.15, 0.2) is 34.8 Å². The predicted octanol–water partition coefficient (Wildman–Crippen LogP) is 4.01. The van der Waals surface area contributed by atoms with Gasteiger partial charge in [0.1, 0.15) is 17.5 Å². The Labute approximate surface area is 175 Å². The van der Waals surface area contributed by atoms with Crippen molar-refractivity contribution >= 4 is 33.5 Å². The molecule has 0 saturated heterocycles. The Kier molecular flexibility index (Phi) is 6.88. The van der Waals surface area contributed by atoms with Gasteiger partial charge in [-0.25, -0.2) is 9.97 Å². The Morgan fingerprint density at radius 3 is 2.46 bits per heavy atom. The molecule has 0 spiro atoms. The van der Waals surface area contributed by atoms with Crippen molar-refractivity contribution in [2.45, 2.75) is 38.6 Å². The molecule has 0 bridgehead atoms. The lowest BCUT2D eigenvalue weighted by Crippen LogP contribution is -2.34. The summed E-state index contributed by atoms with van der Waals surface area (Å²) >= 11 is 3.39. The van der Waals surface area contributed by atoms with Gasteiger partial charge in [0.25, 0.3) is 5.91 Å². The molecule has 7 heteroatoms. The van der Waals surface area contributed by atoms with E-state index in [1.165, 1.54) is 0 Å². The summed E-state index contributed by atoms with van der Waals surface area (Å²) in [6, 6.07) is 9.88. The molecule has 28 heavy (non-hydrogen) atoms. The van der Waals surface area contributed by atoms with E-state index in [9.17, 15) is 4.79 Å². The molecule has 1 aliphatic rings. The van der Waals surface area contributed by atoms with Gasteiger partial charge in [-0.15, -0.1) is 0 Å². The van der Waals surface area contributed by atoms with Crippen molar-refractivity contribution in [3.8, 4) is 0 Å². The van der Waals surface area contributed by atoms with Gasteiger partial charge in [-0.1, -0.05) is 15.9 Å². The minimum absolute atomic E-state index is 0.000393. The number of hydrogen-bond donors (Lipinski definition) is 2. The van der Waals surface area contributed by atoms with Gasteiger partial charge in [0, 0.05) is 42.8 Å². The number of carbonyl (C=O) groups excluding carboxylic acids is 1. The lowest BCUT2D eigenvalue weighted by atomic mass is 9.86. The second-order valence-electron chi connectivity index (χ2n) is 7.63. The Balaban J connectivity index is 1.46. The van der Waals surface area contributed by atoms with E-state index in [1.807, 2.05) is 56.3 Å². The highest BCUT2D eigenvalue weighted by atomic mass is 79.9. The van der Waals surface area contributed by atoms with E-state index in [0.717, 1.165) is 54.2 Å². The van der Waals surface area contributed by atoms with Gasteiger partial charge in [0.05, 0.1) is 0 Å². The van der Waals surface area contributed by atoms with Crippen LogP contribution >= 0.6 is 15.9 Å². The van der Waals surface area contributed by atoms with Gasteiger partial charge < -0.3 is 15.5 Å². The number of nitrogens with zero attached hydrogens (tertiary/aromatic N) is 3. The summed E-state index contributed by atoms with van der Waals surface area (Å²) in [5.74, 6) is 3.11. The topological polar surface area (TPSA) is 70.2 Å². The summed E-state index contributed by atoms with van der Waals surface area (Å²) < 4.78 is 0.978. The summed E-state index contributed by atoms with van der Waals surface area (Å²) in [6.45, 7) is 2.65. The summed E-state index contributed by atoms with van der Waals surface area (Å²) in [7, 11) is 3.97. The Bertz CT molecular complexity index is 801. The zero-order valence-corrected chi connectivity index (χ0v) is 18.3. The van der Waals surface area contributed by atoms with Crippen molar-refractivity contribution in [1.82, 2.24) is 15.3 Å². The zero-order chi connectivity index (χ0) is 20.1. The largest absolute Gasteiger partial charge is 0.367 e. The van der Waals surface area contributed by atoms with Crippen molar-refractivity contribution in [3.63, 3.8) is 0 Å². The number of nitrogens with one attached hydrogen (secondary N) is 2. The lowest BCUT2D eigenvalue weighted by Gasteiger charge is -2.29. The summed E-state index contributed by atoms with van der Waals surface area (Å²) in [6.07, 6.45) is 4.37. The highest BCUT2D eigenvalue weighted by Crippen LogP contribution is 2.26. The molecule has 6 nitrogen and oxygen atoms in total. The van der Waals surface area contributed by atoms with Crippen LogP contribution in [-0.2, 0) is 0 Å². The smallest absolute Gasteiger partial charge is 0.251 e. The molecular weight excluding hydrogens is 418 g/mol. The molecule has 3 rings (SSSR count). The minimum Gasteiger partial charge on any atom is -0.367 e. The highest BCUT2D eigenvalue weighted by molar-refractivity contribution is 9.10. The summed E-state index contributed by atoms with van der Waals surface area (Å²) in [5, 5.41) is 6.64. The first kappa shape index (κ1) is 20.6.